The number of anilines is 2. The van der Waals surface area contributed by atoms with E-state index >= 15 is 0 Å². The van der Waals surface area contributed by atoms with Crippen molar-refractivity contribution < 1.29 is 14.3 Å². The zero-order chi connectivity index (χ0) is 23.2. The van der Waals surface area contributed by atoms with Crippen LogP contribution in [0.2, 0.25) is 5.02 Å². The van der Waals surface area contributed by atoms with Crippen LogP contribution in [0.1, 0.15) is 5.56 Å². The average molecular weight is 498 g/mol. The minimum Gasteiger partial charge on any atom is -0.497 e. The van der Waals surface area contributed by atoms with Gasteiger partial charge in [0.2, 0.25) is 11.8 Å². The molecule has 0 saturated heterocycles. The van der Waals surface area contributed by atoms with E-state index in [0.29, 0.717) is 15.8 Å². The van der Waals surface area contributed by atoms with Gasteiger partial charge in [-0.1, -0.05) is 35.1 Å². The number of hydrogen-bond acceptors (Lipinski definition) is 6. The Labute approximate surface area is 204 Å². The fourth-order valence-corrected chi connectivity index (χ4v) is 4.75. The SMILES string of the molecule is COc1ccc2nc(NC(=O)CSc3ccc(NC(=O)Cc4ccc(Cl)cc4)cc3)sc2c1. The highest BCUT2D eigenvalue weighted by molar-refractivity contribution is 8.00. The number of thiazole rings is 1. The Morgan fingerprint density at radius 2 is 1.76 bits per heavy atom. The van der Waals surface area contributed by atoms with Crippen LogP contribution in [0, 0.1) is 0 Å². The zero-order valence-electron chi connectivity index (χ0n) is 17.6. The van der Waals surface area contributed by atoms with Crippen LogP contribution in [0.3, 0.4) is 0 Å². The number of carbonyl (C=O) groups excluding carboxylic acids is 2. The standard InChI is InChI=1S/C24H20ClN3O3S2/c1-31-18-8-11-20-21(13-18)33-24(27-20)28-23(30)14-32-19-9-6-17(7-10-19)26-22(29)12-15-2-4-16(25)5-3-15/h2-11,13H,12,14H2,1H3,(H,26,29)(H,27,28,30). The molecule has 0 aliphatic rings. The number of benzene rings is 3. The molecule has 0 aliphatic heterocycles. The second-order valence-corrected chi connectivity index (χ2v) is 9.58. The van der Waals surface area contributed by atoms with Crippen LogP contribution in [-0.2, 0) is 16.0 Å². The summed E-state index contributed by atoms with van der Waals surface area (Å²) in [6, 6.07) is 20.2. The Bertz CT molecular complexity index is 1270. The lowest BCUT2D eigenvalue weighted by Gasteiger charge is -2.07. The molecule has 0 bridgehead atoms. The third-order valence-corrected chi connectivity index (χ3v) is 6.83. The maximum absolute atomic E-state index is 12.3. The summed E-state index contributed by atoms with van der Waals surface area (Å²) in [5.41, 5.74) is 2.41. The summed E-state index contributed by atoms with van der Waals surface area (Å²) in [4.78, 5) is 29.9. The van der Waals surface area contributed by atoms with Crippen LogP contribution < -0.4 is 15.4 Å². The second-order valence-electron chi connectivity index (χ2n) is 7.07. The lowest BCUT2D eigenvalue weighted by atomic mass is 10.1. The van der Waals surface area contributed by atoms with Crippen molar-refractivity contribution in [2.24, 2.45) is 0 Å². The lowest BCUT2D eigenvalue weighted by molar-refractivity contribution is -0.115. The first-order valence-corrected chi connectivity index (χ1v) is 12.2. The second kappa shape index (κ2) is 10.7. The van der Waals surface area contributed by atoms with E-state index in [1.54, 1.807) is 19.2 Å². The fraction of sp³-hybridized carbons (Fsp3) is 0.125. The van der Waals surface area contributed by atoms with Crippen LogP contribution in [0.15, 0.2) is 71.6 Å². The van der Waals surface area contributed by atoms with Crippen molar-refractivity contribution in [1.29, 1.82) is 0 Å². The van der Waals surface area contributed by atoms with E-state index in [9.17, 15) is 9.59 Å². The Balaban J connectivity index is 1.26. The third-order valence-electron chi connectivity index (χ3n) is 4.63. The topological polar surface area (TPSA) is 80.3 Å². The van der Waals surface area contributed by atoms with Crippen molar-refractivity contribution in [3.63, 3.8) is 0 Å². The van der Waals surface area contributed by atoms with E-state index in [2.05, 4.69) is 15.6 Å². The van der Waals surface area contributed by atoms with E-state index in [1.165, 1.54) is 23.1 Å². The molecule has 0 atom stereocenters. The van der Waals surface area contributed by atoms with Gasteiger partial charge in [-0.3, -0.25) is 9.59 Å². The van der Waals surface area contributed by atoms with E-state index in [1.807, 2.05) is 54.6 Å². The number of aromatic nitrogens is 1. The highest BCUT2D eigenvalue weighted by Crippen LogP contribution is 2.29. The minimum absolute atomic E-state index is 0.106. The van der Waals surface area contributed by atoms with Gasteiger partial charge in [0.15, 0.2) is 5.13 Å². The van der Waals surface area contributed by atoms with Gasteiger partial charge >= 0.3 is 0 Å². The summed E-state index contributed by atoms with van der Waals surface area (Å²) in [7, 11) is 1.62. The largest absolute Gasteiger partial charge is 0.497 e. The van der Waals surface area contributed by atoms with E-state index in [-0.39, 0.29) is 24.0 Å². The molecule has 0 radical (unpaired) electrons. The molecule has 0 saturated carbocycles. The highest BCUT2D eigenvalue weighted by atomic mass is 35.5. The van der Waals surface area contributed by atoms with Gasteiger partial charge in [-0.25, -0.2) is 4.98 Å². The molecule has 3 aromatic carbocycles. The maximum atomic E-state index is 12.3. The number of carbonyl (C=O) groups is 2. The number of amides is 2. The molecule has 1 heterocycles. The summed E-state index contributed by atoms with van der Waals surface area (Å²) in [5, 5.41) is 6.92. The number of nitrogens with zero attached hydrogens (tertiary/aromatic N) is 1. The van der Waals surface area contributed by atoms with Crippen LogP contribution in [-0.4, -0.2) is 29.7 Å². The molecule has 1 aromatic heterocycles. The lowest BCUT2D eigenvalue weighted by Crippen LogP contribution is -2.14. The molecule has 4 aromatic rings. The smallest absolute Gasteiger partial charge is 0.236 e. The first kappa shape index (κ1) is 23.1. The van der Waals surface area contributed by atoms with Crippen LogP contribution in [0.25, 0.3) is 10.2 Å². The molecule has 0 fully saturated rings. The number of halogens is 1. The molecular formula is C24H20ClN3O3S2. The van der Waals surface area contributed by atoms with Crippen molar-refractivity contribution in [2.75, 3.05) is 23.5 Å². The van der Waals surface area contributed by atoms with Gasteiger partial charge < -0.3 is 15.4 Å². The van der Waals surface area contributed by atoms with Gasteiger partial charge in [-0.2, -0.15) is 0 Å². The van der Waals surface area contributed by atoms with Crippen molar-refractivity contribution in [2.45, 2.75) is 11.3 Å². The van der Waals surface area contributed by atoms with Gasteiger partial charge in [-0.15, -0.1) is 11.8 Å². The molecule has 4 rings (SSSR count). The van der Waals surface area contributed by atoms with E-state index < -0.39 is 0 Å². The van der Waals surface area contributed by atoms with E-state index in [0.717, 1.165) is 26.4 Å². The van der Waals surface area contributed by atoms with Gasteiger partial charge in [0.25, 0.3) is 0 Å². The number of fused-ring (bicyclic) bond motifs is 1. The Morgan fingerprint density at radius 3 is 2.48 bits per heavy atom. The fourth-order valence-electron chi connectivity index (χ4n) is 3.02. The van der Waals surface area contributed by atoms with Gasteiger partial charge in [0.1, 0.15) is 5.75 Å². The molecule has 6 nitrogen and oxygen atoms in total. The molecule has 9 heteroatoms. The third kappa shape index (κ3) is 6.47. The van der Waals surface area contributed by atoms with Crippen molar-refractivity contribution >= 4 is 67.5 Å². The Morgan fingerprint density at radius 1 is 1.00 bits per heavy atom. The number of rotatable bonds is 8. The summed E-state index contributed by atoms with van der Waals surface area (Å²) >= 11 is 8.69. The summed E-state index contributed by atoms with van der Waals surface area (Å²) in [6.45, 7) is 0. The van der Waals surface area contributed by atoms with E-state index in [4.69, 9.17) is 16.3 Å². The zero-order valence-corrected chi connectivity index (χ0v) is 20.0. The van der Waals surface area contributed by atoms with Crippen LogP contribution in [0.4, 0.5) is 10.8 Å². The van der Waals surface area contributed by atoms with Crippen molar-refractivity contribution in [1.82, 2.24) is 4.98 Å². The van der Waals surface area contributed by atoms with Crippen LogP contribution >= 0.6 is 34.7 Å². The summed E-state index contributed by atoms with van der Waals surface area (Å²) in [6.07, 6.45) is 0.270. The highest BCUT2D eigenvalue weighted by Gasteiger charge is 2.10. The van der Waals surface area contributed by atoms with Crippen molar-refractivity contribution in [3.8, 4) is 5.75 Å². The Kier molecular flexibility index (Phi) is 7.49. The average Bonchev–Trinajstić information content (AvgIpc) is 3.21. The molecule has 168 valence electrons. The molecule has 33 heavy (non-hydrogen) atoms. The molecule has 2 N–H and O–H groups in total. The van der Waals surface area contributed by atoms with Gasteiger partial charge in [-0.05, 0) is 60.2 Å². The summed E-state index contributed by atoms with van der Waals surface area (Å²) < 4.78 is 6.17. The predicted molar refractivity (Wildman–Crippen MR) is 136 cm³/mol. The monoisotopic (exact) mass is 497 g/mol. The number of nitrogens with one attached hydrogen (secondary N) is 2. The molecule has 0 spiro atoms. The molecule has 2 amide bonds. The van der Waals surface area contributed by atoms with Crippen molar-refractivity contribution in [3.05, 3.63) is 77.3 Å². The maximum Gasteiger partial charge on any atom is 0.236 e. The number of methoxy groups -OCH3 is 1. The van der Waals surface area contributed by atoms with Gasteiger partial charge in [0, 0.05) is 15.6 Å². The first-order chi connectivity index (χ1) is 16.0. The quantitative estimate of drug-likeness (QED) is 0.297. The first-order valence-electron chi connectivity index (χ1n) is 10.00. The number of thioether (sulfide) groups is 1. The number of ether oxygens (including phenoxy) is 1. The molecular weight excluding hydrogens is 478 g/mol. The molecule has 0 unspecified atom stereocenters. The number of hydrogen-bond donors (Lipinski definition) is 2. The normalized spacial score (nSPS) is 10.7. The Hall–Kier alpha value is -3.07. The minimum atomic E-state index is -0.133. The van der Waals surface area contributed by atoms with Gasteiger partial charge in [0.05, 0.1) is 29.5 Å². The summed E-state index contributed by atoms with van der Waals surface area (Å²) in [5.74, 6) is 0.766. The molecule has 0 aliphatic carbocycles. The predicted octanol–water partition coefficient (Wildman–Crippen LogP) is 5.87. The van der Waals surface area contributed by atoms with Crippen LogP contribution in [0.5, 0.6) is 5.75 Å².